The van der Waals surface area contributed by atoms with Crippen molar-refractivity contribution in [2.24, 2.45) is 0 Å². The van der Waals surface area contributed by atoms with E-state index >= 15 is 0 Å². The highest BCUT2D eigenvalue weighted by Gasteiger charge is 2.37. The summed E-state index contributed by atoms with van der Waals surface area (Å²) in [6.45, 7) is 2.16. The van der Waals surface area contributed by atoms with Crippen molar-refractivity contribution in [3.63, 3.8) is 0 Å². The van der Waals surface area contributed by atoms with E-state index in [-0.39, 0.29) is 0 Å². The number of aliphatic hydroxyl groups is 1. The Bertz CT molecular complexity index is 557. The maximum atomic E-state index is 10.6. The van der Waals surface area contributed by atoms with Gasteiger partial charge in [0.2, 0.25) is 0 Å². The summed E-state index contributed by atoms with van der Waals surface area (Å²) >= 11 is 1.83. The zero-order chi connectivity index (χ0) is 11.9. The van der Waals surface area contributed by atoms with Crippen molar-refractivity contribution >= 4 is 22.7 Å². The average Bonchev–Trinajstić information content (AvgIpc) is 2.70. The monoisotopic (exact) mass is 245 g/mol. The van der Waals surface area contributed by atoms with E-state index in [0.29, 0.717) is 5.25 Å². The van der Waals surface area contributed by atoms with Crippen LogP contribution in [0.5, 0.6) is 0 Å². The van der Waals surface area contributed by atoms with Crippen LogP contribution in [0, 0.1) is 0 Å². The Morgan fingerprint density at radius 1 is 1.41 bits per heavy atom. The molecule has 2 aromatic rings. The molecule has 1 aromatic carbocycles. The molecule has 88 valence electrons. The third-order valence-electron chi connectivity index (χ3n) is 3.36. The number of hydrogen-bond donors (Lipinski definition) is 1. The molecule has 3 heteroatoms. The average molecular weight is 245 g/mol. The molecular weight excluding hydrogens is 230 g/mol. The van der Waals surface area contributed by atoms with E-state index in [4.69, 9.17) is 0 Å². The summed E-state index contributed by atoms with van der Waals surface area (Å²) in [5.74, 6) is 0.772. The van der Waals surface area contributed by atoms with E-state index in [2.05, 4.69) is 18.0 Å². The fourth-order valence-corrected chi connectivity index (χ4v) is 3.64. The summed E-state index contributed by atoms with van der Waals surface area (Å²) in [7, 11) is 0. The van der Waals surface area contributed by atoms with Crippen molar-refractivity contribution in [1.82, 2.24) is 4.98 Å². The summed E-state index contributed by atoms with van der Waals surface area (Å²) in [4.78, 5) is 4.43. The van der Waals surface area contributed by atoms with Crippen LogP contribution in [0.1, 0.15) is 18.9 Å². The van der Waals surface area contributed by atoms with Crippen LogP contribution in [0.4, 0.5) is 0 Å². The number of nitrogens with zero attached hydrogens (tertiary/aromatic N) is 1. The highest BCUT2D eigenvalue weighted by atomic mass is 32.2. The second-order valence-corrected chi connectivity index (χ2v) is 6.20. The molecule has 17 heavy (non-hydrogen) atoms. The van der Waals surface area contributed by atoms with Gasteiger partial charge in [-0.15, -0.1) is 0 Å². The Kier molecular flexibility index (Phi) is 2.60. The highest BCUT2D eigenvalue weighted by molar-refractivity contribution is 8.00. The Morgan fingerprint density at radius 3 is 3.00 bits per heavy atom. The standard InChI is InChI=1S/C14H15NOS/c1-10-7-14(16,9-17-10)12-6-11-4-2-3-5-13(11)15-8-12/h2-6,8,10,16H,7,9H2,1H3. The molecule has 0 aliphatic carbocycles. The lowest BCUT2D eigenvalue weighted by molar-refractivity contribution is 0.0610. The molecule has 1 aliphatic heterocycles. The van der Waals surface area contributed by atoms with E-state index in [1.54, 1.807) is 0 Å². The molecule has 2 heterocycles. The normalized spacial score (nSPS) is 28.7. The first kappa shape index (κ1) is 11.1. The van der Waals surface area contributed by atoms with Crippen molar-refractivity contribution in [2.75, 3.05) is 5.75 Å². The third kappa shape index (κ3) is 1.94. The van der Waals surface area contributed by atoms with E-state index < -0.39 is 5.60 Å². The zero-order valence-corrected chi connectivity index (χ0v) is 10.6. The lowest BCUT2D eigenvalue weighted by Gasteiger charge is -2.22. The molecule has 3 rings (SSSR count). The number of para-hydroxylation sites is 1. The van der Waals surface area contributed by atoms with Crippen LogP contribution in [0.25, 0.3) is 10.9 Å². The number of fused-ring (bicyclic) bond motifs is 1. The molecule has 1 fully saturated rings. The summed E-state index contributed by atoms with van der Waals surface area (Å²) in [6, 6.07) is 10.1. The van der Waals surface area contributed by atoms with Crippen LogP contribution in [0.3, 0.4) is 0 Å². The van der Waals surface area contributed by atoms with Crippen molar-refractivity contribution < 1.29 is 5.11 Å². The number of rotatable bonds is 1. The fourth-order valence-electron chi connectivity index (χ4n) is 2.40. The number of benzene rings is 1. The fraction of sp³-hybridized carbons (Fsp3) is 0.357. The van der Waals surface area contributed by atoms with Crippen molar-refractivity contribution in [2.45, 2.75) is 24.2 Å². The smallest absolute Gasteiger partial charge is 0.101 e. The SMILES string of the molecule is CC1CC(O)(c2cnc3ccccc3c2)CS1. The molecule has 0 amide bonds. The van der Waals surface area contributed by atoms with Gasteiger partial charge in [-0.05, 0) is 18.6 Å². The van der Waals surface area contributed by atoms with Crippen molar-refractivity contribution in [1.29, 1.82) is 0 Å². The first-order chi connectivity index (χ1) is 8.17. The molecule has 0 spiro atoms. The van der Waals surface area contributed by atoms with Crippen LogP contribution in [-0.2, 0) is 5.60 Å². The summed E-state index contributed by atoms with van der Waals surface area (Å²) in [5.41, 5.74) is 1.24. The van der Waals surface area contributed by atoms with Gasteiger partial charge in [-0.3, -0.25) is 4.98 Å². The Balaban J connectivity index is 2.06. The van der Waals surface area contributed by atoms with Crippen LogP contribution in [0.15, 0.2) is 36.5 Å². The zero-order valence-electron chi connectivity index (χ0n) is 9.76. The van der Waals surface area contributed by atoms with Gasteiger partial charge in [0.15, 0.2) is 0 Å². The van der Waals surface area contributed by atoms with Crippen LogP contribution in [-0.4, -0.2) is 21.1 Å². The number of thioether (sulfide) groups is 1. The maximum Gasteiger partial charge on any atom is 0.101 e. The lowest BCUT2D eigenvalue weighted by atomic mass is 9.92. The predicted molar refractivity (Wildman–Crippen MR) is 72.2 cm³/mol. The van der Waals surface area contributed by atoms with Crippen LogP contribution >= 0.6 is 11.8 Å². The molecule has 0 bridgehead atoms. The number of aromatic nitrogens is 1. The molecule has 2 atom stereocenters. The number of hydrogen-bond acceptors (Lipinski definition) is 3. The molecule has 1 aromatic heterocycles. The van der Waals surface area contributed by atoms with Gasteiger partial charge < -0.3 is 5.11 Å². The minimum atomic E-state index is -0.693. The Hall–Kier alpha value is -1.06. The van der Waals surface area contributed by atoms with Crippen LogP contribution in [0.2, 0.25) is 0 Å². The first-order valence-corrected chi connectivity index (χ1v) is 6.91. The minimum Gasteiger partial charge on any atom is -0.384 e. The predicted octanol–water partition coefficient (Wildman–Crippen LogP) is 2.95. The van der Waals surface area contributed by atoms with E-state index in [0.717, 1.165) is 28.6 Å². The van der Waals surface area contributed by atoms with Gasteiger partial charge in [0.1, 0.15) is 5.60 Å². The van der Waals surface area contributed by atoms with Gasteiger partial charge in [-0.1, -0.05) is 25.1 Å². The summed E-state index contributed by atoms with van der Waals surface area (Å²) in [6.07, 6.45) is 2.64. The van der Waals surface area contributed by atoms with Gasteiger partial charge in [0, 0.05) is 28.1 Å². The van der Waals surface area contributed by atoms with E-state index in [9.17, 15) is 5.11 Å². The maximum absolute atomic E-state index is 10.6. The first-order valence-electron chi connectivity index (χ1n) is 5.87. The second-order valence-electron chi connectivity index (χ2n) is 4.77. The van der Waals surface area contributed by atoms with Gasteiger partial charge in [0.25, 0.3) is 0 Å². The van der Waals surface area contributed by atoms with Gasteiger partial charge in [-0.25, -0.2) is 0 Å². The lowest BCUT2D eigenvalue weighted by Crippen LogP contribution is -2.25. The molecule has 1 N–H and O–H groups in total. The van der Waals surface area contributed by atoms with Gasteiger partial charge in [0.05, 0.1) is 5.52 Å². The summed E-state index contributed by atoms with van der Waals surface area (Å²) < 4.78 is 0. The van der Waals surface area contributed by atoms with Gasteiger partial charge in [-0.2, -0.15) is 11.8 Å². The molecular formula is C14H15NOS. The second kappa shape index (κ2) is 4.00. The Labute approximate surface area is 105 Å². The number of pyridine rings is 1. The van der Waals surface area contributed by atoms with E-state index in [1.165, 1.54) is 0 Å². The molecule has 0 saturated carbocycles. The molecule has 0 radical (unpaired) electrons. The minimum absolute atomic E-state index is 0.520. The molecule has 1 saturated heterocycles. The van der Waals surface area contributed by atoms with Crippen molar-refractivity contribution in [3.8, 4) is 0 Å². The van der Waals surface area contributed by atoms with Gasteiger partial charge >= 0.3 is 0 Å². The molecule has 2 unspecified atom stereocenters. The largest absolute Gasteiger partial charge is 0.384 e. The van der Waals surface area contributed by atoms with E-state index in [1.807, 2.05) is 42.2 Å². The summed E-state index contributed by atoms with van der Waals surface area (Å²) in [5, 5.41) is 12.3. The molecule has 1 aliphatic rings. The third-order valence-corrected chi connectivity index (χ3v) is 4.74. The molecule has 2 nitrogen and oxygen atoms in total. The quantitative estimate of drug-likeness (QED) is 0.838. The van der Waals surface area contributed by atoms with Crippen LogP contribution < -0.4 is 0 Å². The topological polar surface area (TPSA) is 33.1 Å². The Morgan fingerprint density at radius 2 is 2.24 bits per heavy atom. The van der Waals surface area contributed by atoms with Crippen molar-refractivity contribution in [3.05, 3.63) is 42.1 Å². The highest BCUT2D eigenvalue weighted by Crippen LogP contribution is 2.41.